The molecule has 12 aromatic rings. The fourth-order valence-corrected chi connectivity index (χ4v) is 11.5. The molecule has 0 fully saturated rings. The maximum Gasteiger partial charge on any atom is 0.159 e. The highest BCUT2D eigenvalue weighted by Gasteiger charge is 2.35. The first-order chi connectivity index (χ1) is 34.2. The summed E-state index contributed by atoms with van der Waals surface area (Å²) in [5, 5.41) is 9.43. The van der Waals surface area contributed by atoms with Gasteiger partial charge < -0.3 is 18.6 Å². The van der Waals surface area contributed by atoms with E-state index in [0.29, 0.717) is 0 Å². The molecule has 2 aromatic heterocycles. The van der Waals surface area contributed by atoms with Crippen LogP contribution in [0.4, 0.5) is 34.1 Å². The molecule has 0 aliphatic heterocycles. The zero-order valence-electron chi connectivity index (χ0n) is 41.7. The van der Waals surface area contributed by atoms with Gasteiger partial charge in [0.15, 0.2) is 11.2 Å². The number of rotatable bonds is 6. The molecule has 0 bridgehead atoms. The minimum absolute atomic E-state index is 0.0277. The SMILES string of the molecule is CC(C)(C)c1ccc(N(c2ccc3c(c2)C(C)(C)c2cccc4c2c-3cc2ccc(N(c3ccc(C(C)(C)C)cc3)c3cccc5c3oc3ccccc35)cc24)c2cccc3c2oc2ccccc23)cc1. The van der Waals surface area contributed by atoms with Crippen molar-refractivity contribution in [1.29, 1.82) is 0 Å². The topological polar surface area (TPSA) is 32.8 Å². The third-order valence-corrected chi connectivity index (χ3v) is 15.3. The molecule has 0 N–H and O–H groups in total. The molecule has 0 saturated heterocycles. The van der Waals surface area contributed by atoms with Gasteiger partial charge in [0.25, 0.3) is 0 Å². The molecule has 71 heavy (non-hydrogen) atoms. The molecule has 0 unspecified atom stereocenters. The van der Waals surface area contributed by atoms with Crippen molar-refractivity contribution >= 4 is 99.5 Å². The Morgan fingerprint density at radius 2 is 0.831 bits per heavy atom. The summed E-state index contributed by atoms with van der Waals surface area (Å²) in [4.78, 5) is 4.76. The molecule has 0 amide bonds. The van der Waals surface area contributed by atoms with Crippen LogP contribution < -0.4 is 9.80 Å². The molecule has 1 aliphatic rings. The van der Waals surface area contributed by atoms with Gasteiger partial charge in [-0.3, -0.25) is 0 Å². The molecular weight excluding hydrogens is 865 g/mol. The van der Waals surface area contributed by atoms with Crippen LogP contribution in [0.15, 0.2) is 203 Å². The van der Waals surface area contributed by atoms with Gasteiger partial charge in [-0.25, -0.2) is 0 Å². The fourth-order valence-electron chi connectivity index (χ4n) is 11.5. The van der Waals surface area contributed by atoms with Crippen LogP contribution in [0.5, 0.6) is 0 Å². The van der Waals surface area contributed by atoms with Gasteiger partial charge in [-0.2, -0.15) is 0 Å². The number of hydrogen-bond acceptors (Lipinski definition) is 4. The van der Waals surface area contributed by atoms with Crippen molar-refractivity contribution in [1.82, 2.24) is 0 Å². The van der Waals surface area contributed by atoms with Crippen LogP contribution in [-0.4, -0.2) is 0 Å². The van der Waals surface area contributed by atoms with Crippen LogP contribution in [0.2, 0.25) is 0 Å². The van der Waals surface area contributed by atoms with Crippen molar-refractivity contribution in [3.8, 4) is 11.1 Å². The lowest BCUT2D eigenvalue weighted by Gasteiger charge is -2.37. The molecule has 4 nitrogen and oxygen atoms in total. The lowest BCUT2D eigenvalue weighted by atomic mass is 9.68. The number of nitrogens with zero attached hydrogens (tertiary/aromatic N) is 2. The molecule has 0 atom stereocenters. The third-order valence-electron chi connectivity index (χ3n) is 15.3. The van der Waals surface area contributed by atoms with E-state index in [0.717, 1.165) is 78.0 Å². The molecule has 0 spiro atoms. The van der Waals surface area contributed by atoms with Crippen LogP contribution in [0.3, 0.4) is 0 Å². The van der Waals surface area contributed by atoms with E-state index < -0.39 is 0 Å². The van der Waals surface area contributed by atoms with Crippen molar-refractivity contribution in [3.05, 3.63) is 216 Å². The molecular formula is C67H56N2O2. The highest BCUT2D eigenvalue weighted by molar-refractivity contribution is 6.18. The minimum atomic E-state index is -0.325. The summed E-state index contributed by atoms with van der Waals surface area (Å²) in [6.45, 7) is 18.4. The summed E-state index contributed by atoms with van der Waals surface area (Å²) in [5.41, 5.74) is 17.3. The zero-order chi connectivity index (χ0) is 48.6. The first-order valence-corrected chi connectivity index (χ1v) is 25.0. The molecule has 0 saturated carbocycles. The maximum absolute atomic E-state index is 6.74. The van der Waals surface area contributed by atoms with Crippen molar-refractivity contribution in [3.63, 3.8) is 0 Å². The predicted octanol–water partition coefficient (Wildman–Crippen LogP) is 19.6. The van der Waals surface area contributed by atoms with Crippen molar-refractivity contribution in [2.45, 2.75) is 71.6 Å². The third kappa shape index (κ3) is 6.72. The quantitative estimate of drug-likeness (QED) is 0.156. The van der Waals surface area contributed by atoms with Gasteiger partial charge in [0, 0.05) is 49.7 Å². The average Bonchev–Trinajstić information content (AvgIpc) is 3.95. The Bertz CT molecular complexity index is 4100. The van der Waals surface area contributed by atoms with Gasteiger partial charge in [-0.05, 0) is 145 Å². The summed E-state index contributed by atoms with van der Waals surface area (Å²) >= 11 is 0. The van der Waals surface area contributed by atoms with E-state index in [4.69, 9.17) is 8.83 Å². The standard InChI is InChI=1S/C67H56N2O2/c1-65(2,3)42-27-32-44(33-28-42)68(58-22-14-19-52-49-16-9-11-24-60(49)70-63(52)58)46-31-26-41-38-55-48-37-36-47(40-57(48)67(7,8)56-21-13-18-51(62(55)56)54(41)39-46)69(45-34-29-43(30-35-45)66(4,5)6)59-23-15-20-53-50-17-10-12-25-61(50)71-64(53)59/h9-40H,1-8H3. The fraction of sp³-hybridized carbons (Fsp3) is 0.164. The minimum Gasteiger partial charge on any atom is -0.454 e. The molecule has 10 aromatic carbocycles. The predicted molar refractivity (Wildman–Crippen MR) is 300 cm³/mol. The van der Waals surface area contributed by atoms with Gasteiger partial charge >= 0.3 is 0 Å². The summed E-state index contributed by atoms with van der Waals surface area (Å²) in [5.74, 6) is 0. The largest absolute Gasteiger partial charge is 0.454 e. The van der Waals surface area contributed by atoms with Crippen LogP contribution >= 0.6 is 0 Å². The number of para-hydroxylation sites is 4. The average molecular weight is 921 g/mol. The van der Waals surface area contributed by atoms with Gasteiger partial charge in [0.2, 0.25) is 0 Å². The lowest BCUT2D eigenvalue weighted by Crippen LogP contribution is -2.24. The Balaban J connectivity index is 0.990. The van der Waals surface area contributed by atoms with Crippen molar-refractivity contribution in [2.24, 2.45) is 0 Å². The monoisotopic (exact) mass is 920 g/mol. The number of anilines is 6. The Morgan fingerprint density at radius 3 is 1.38 bits per heavy atom. The highest BCUT2D eigenvalue weighted by Crippen LogP contribution is 2.53. The van der Waals surface area contributed by atoms with E-state index in [1.165, 1.54) is 54.9 Å². The van der Waals surface area contributed by atoms with Crippen molar-refractivity contribution in [2.75, 3.05) is 9.80 Å². The Morgan fingerprint density at radius 1 is 0.366 bits per heavy atom. The smallest absolute Gasteiger partial charge is 0.159 e. The van der Waals surface area contributed by atoms with Gasteiger partial charge in [-0.1, -0.05) is 171 Å². The van der Waals surface area contributed by atoms with E-state index in [2.05, 4.69) is 247 Å². The number of benzene rings is 10. The number of hydrogen-bond donors (Lipinski definition) is 0. The Kier molecular flexibility index (Phi) is 9.36. The van der Waals surface area contributed by atoms with Crippen LogP contribution in [0.1, 0.15) is 77.6 Å². The molecule has 0 radical (unpaired) electrons. The first kappa shape index (κ1) is 43.0. The second-order valence-corrected chi connectivity index (χ2v) is 22.2. The first-order valence-electron chi connectivity index (χ1n) is 25.0. The van der Waals surface area contributed by atoms with Crippen LogP contribution in [0, 0.1) is 0 Å². The number of fused-ring (bicyclic) bond motifs is 10. The van der Waals surface area contributed by atoms with Crippen LogP contribution in [0.25, 0.3) is 76.5 Å². The van der Waals surface area contributed by atoms with E-state index in [-0.39, 0.29) is 16.2 Å². The number of furan rings is 2. The molecule has 2 heterocycles. The summed E-state index contributed by atoms with van der Waals surface area (Å²) in [6.07, 6.45) is 0. The molecule has 13 rings (SSSR count). The molecule has 346 valence electrons. The normalized spacial score (nSPS) is 13.5. The molecule has 1 aliphatic carbocycles. The van der Waals surface area contributed by atoms with E-state index in [9.17, 15) is 0 Å². The van der Waals surface area contributed by atoms with Gasteiger partial charge in [0.05, 0.1) is 11.4 Å². The van der Waals surface area contributed by atoms with Crippen LogP contribution in [-0.2, 0) is 16.2 Å². The van der Waals surface area contributed by atoms with E-state index in [1.807, 2.05) is 12.1 Å². The second-order valence-electron chi connectivity index (χ2n) is 22.2. The highest BCUT2D eigenvalue weighted by atomic mass is 16.3. The zero-order valence-corrected chi connectivity index (χ0v) is 41.7. The maximum atomic E-state index is 6.74. The lowest BCUT2D eigenvalue weighted by molar-refractivity contribution is 0.590. The summed E-state index contributed by atoms with van der Waals surface area (Å²) in [6, 6.07) is 71.4. The Hall–Kier alpha value is -8.08. The van der Waals surface area contributed by atoms with Gasteiger partial charge in [-0.15, -0.1) is 0 Å². The second kappa shape index (κ2) is 15.5. The van der Waals surface area contributed by atoms with E-state index in [1.54, 1.807) is 0 Å². The molecule has 4 heteroatoms. The van der Waals surface area contributed by atoms with Gasteiger partial charge in [0.1, 0.15) is 11.2 Å². The summed E-state index contributed by atoms with van der Waals surface area (Å²) < 4.78 is 13.5. The Labute approximate surface area is 415 Å². The van der Waals surface area contributed by atoms with Crippen molar-refractivity contribution < 1.29 is 8.83 Å². The summed E-state index contributed by atoms with van der Waals surface area (Å²) in [7, 11) is 0. The van der Waals surface area contributed by atoms with E-state index >= 15 is 0 Å².